The van der Waals surface area contributed by atoms with Crippen molar-refractivity contribution in [3.8, 4) is 5.88 Å². The topological polar surface area (TPSA) is 107 Å². The summed E-state index contributed by atoms with van der Waals surface area (Å²) in [5, 5.41) is 18.3. The van der Waals surface area contributed by atoms with E-state index < -0.39 is 11.2 Å². The molecule has 1 atom stereocenters. The number of aliphatic imine (C=N–C) groups is 1. The third-order valence-corrected chi connectivity index (χ3v) is 5.73. The molecule has 0 unspecified atom stereocenters. The molecule has 2 aromatic carbocycles. The highest BCUT2D eigenvalue weighted by Crippen LogP contribution is 2.36. The van der Waals surface area contributed by atoms with Crippen molar-refractivity contribution in [1.29, 1.82) is 0 Å². The number of azo groups is 1. The van der Waals surface area contributed by atoms with Gasteiger partial charge in [-0.1, -0.05) is 58.0 Å². The van der Waals surface area contributed by atoms with Gasteiger partial charge < -0.3 is 10.1 Å². The first-order valence-corrected chi connectivity index (χ1v) is 9.98. The maximum absolute atomic E-state index is 12.4. The van der Waals surface area contributed by atoms with Gasteiger partial charge in [0.15, 0.2) is 11.5 Å². The number of amidine groups is 1. The highest BCUT2D eigenvalue weighted by Gasteiger charge is 2.31. The van der Waals surface area contributed by atoms with Crippen LogP contribution in [0.25, 0.3) is 10.9 Å². The van der Waals surface area contributed by atoms with Crippen molar-refractivity contribution in [3.63, 3.8) is 0 Å². The molecule has 0 spiro atoms. The van der Waals surface area contributed by atoms with Gasteiger partial charge in [0, 0.05) is 21.8 Å². The van der Waals surface area contributed by atoms with E-state index in [1.165, 1.54) is 0 Å². The Bertz CT molecular complexity index is 1140. The summed E-state index contributed by atoms with van der Waals surface area (Å²) in [6, 6.07) is 14.2. The minimum absolute atomic E-state index is 0.0337. The van der Waals surface area contributed by atoms with Gasteiger partial charge >= 0.3 is 0 Å². The Labute approximate surface area is 172 Å². The summed E-state index contributed by atoms with van der Waals surface area (Å²) in [5.41, 5.74) is 1.54. The number of rotatable bonds is 4. The van der Waals surface area contributed by atoms with Gasteiger partial charge in [0.1, 0.15) is 5.25 Å². The van der Waals surface area contributed by atoms with Gasteiger partial charge in [-0.25, -0.2) is 0 Å². The van der Waals surface area contributed by atoms with Crippen LogP contribution in [0.2, 0.25) is 0 Å². The maximum atomic E-state index is 12.4. The molecule has 1 amide bonds. The van der Waals surface area contributed by atoms with Gasteiger partial charge in [-0.15, -0.1) is 10.2 Å². The average Bonchev–Trinajstić information content (AvgIpc) is 3.19. The van der Waals surface area contributed by atoms with Gasteiger partial charge in [0.2, 0.25) is 11.0 Å². The van der Waals surface area contributed by atoms with E-state index >= 15 is 0 Å². The van der Waals surface area contributed by atoms with E-state index in [0.717, 1.165) is 21.8 Å². The molecule has 2 N–H and O–H groups in total. The van der Waals surface area contributed by atoms with Crippen molar-refractivity contribution in [1.82, 2.24) is 4.98 Å². The third kappa shape index (κ3) is 3.76. The predicted octanol–water partition coefficient (Wildman–Crippen LogP) is 4.99. The number of carbonyl (C=O) groups is 2. The SMILES string of the molecule is O=C(C[C@H]1SC(N=Nc2c(O)[nH]c3ccccc23)=NC1=O)c1ccc(Br)cc1. The van der Waals surface area contributed by atoms with E-state index in [-0.39, 0.29) is 28.9 Å². The Kier molecular flexibility index (Phi) is 5.10. The van der Waals surface area contributed by atoms with Crippen molar-refractivity contribution >= 4 is 61.1 Å². The number of amides is 1. The van der Waals surface area contributed by atoms with Crippen molar-refractivity contribution in [2.24, 2.45) is 15.2 Å². The monoisotopic (exact) mass is 456 g/mol. The Morgan fingerprint density at radius 2 is 1.93 bits per heavy atom. The number of nitrogens with zero attached hydrogens (tertiary/aromatic N) is 3. The van der Waals surface area contributed by atoms with E-state index in [1.54, 1.807) is 30.3 Å². The Morgan fingerprint density at radius 1 is 1.18 bits per heavy atom. The summed E-state index contributed by atoms with van der Waals surface area (Å²) in [5.74, 6) is -0.657. The molecule has 1 aliphatic heterocycles. The number of Topliss-reactive ketones (excluding diaryl/α,β-unsaturated/α-hetero) is 1. The van der Waals surface area contributed by atoms with Crippen LogP contribution < -0.4 is 0 Å². The standard InChI is InChI=1S/C19H13BrN4O3S/c20-11-7-5-10(6-8-11)14(25)9-15-17(26)22-19(28-15)24-23-16-12-3-1-2-4-13(12)21-18(16)27/h1-8,15,21,27H,9H2/t15-/m1/s1. The van der Waals surface area contributed by atoms with Crippen LogP contribution in [0.4, 0.5) is 5.69 Å². The van der Waals surface area contributed by atoms with Crippen LogP contribution in [-0.4, -0.2) is 32.2 Å². The number of carbonyl (C=O) groups excluding carboxylic acids is 2. The molecule has 140 valence electrons. The number of hydrogen-bond acceptors (Lipinski definition) is 6. The molecular formula is C19H13BrN4O3S. The van der Waals surface area contributed by atoms with Crippen LogP contribution in [-0.2, 0) is 4.79 Å². The van der Waals surface area contributed by atoms with Crippen LogP contribution in [0, 0.1) is 0 Å². The Morgan fingerprint density at radius 3 is 2.71 bits per heavy atom. The second kappa shape index (κ2) is 7.69. The quantitative estimate of drug-likeness (QED) is 0.425. The zero-order valence-corrected chi connectivity index (χ0v) is 16.7. The minimum atomic E-state index is -0.623. The lowest BCUT2D eigenvalue weighted by Gasteiger charge is -2.05. The number of aromatic amines is 1. The fourth-order valence-corrected chi connectivity index (χ4v) is 3.91. The lowest BCUT2D eigenvalue weighted by atomic mass is 10.1. The van der Waals surface area contributed by atoms with Crippen LogP contribution in [0.3, 0.4) is 0 Å². The summed E-state index contributed by atoms with van der Waals surface area (Å²) in [7, 11) is 0. The smallest absolute Gasteiger partial charge is 0.262 e. The largest absolute Gasteiger partial charge is 0.493 e. The van der Waals surface area contributed by atoms with Crippen LogP contribution >= 0.6 is 27.7 Å². The van der Waals surface area contributed by atoms with E-state index in [2.05, 4.69) is 36.1 Å². The molecule has 1 aromatic heterocycles. The highest BCUT2D eigenvalue weighted by atomic mass is 79.9. The lowest BCUT2D eigenvalue weighted by Crippen LogP contribution is -2.16. The molecule has 4 rings (SSSR count). The Hall–Kier alpha value is -2.78. The van der Waals surface area contributed by atoms with Crippen molar-refractivity contribution in [3.05, 3.63) is 58.6 Å². The van der Waals surface area contributed by atoms with E-state index in [4.69, 9.17) is 0 Å². The molecule has 0 bridgehead atoms. The summed E-state index contributed by atoms with van der Waals surface area (Å²) in [4.78, 5) is 31.2. The summed E-state index contributed by atoms with van der Waals surface area (Å²) >= 11 is 4.42. The number of halogens is 1. The number of para-hydroxylation sites is 1. The van der Waals surface area contributed by atoms with E-state index in [0.29, 0.717) is 10.9 Å². The second-order valence-corrected chi connectivity index (χ2v) is 8.13. The molecule has 0 saturated carbocycles. The first kappa shape index (κ1) is 18.6. The normalized spacial score (nSPS) is 16.8. The molecule has 0 saturated heterocycles. The van der Waals surface area contributed by atoms with Gasteiger partial charge in [0.25, 0.3) is 5.91 Å². The Balaban J connectivity index is 1.46. The molecule has 28 heavy (non-hydrogen) atoms. The molecule has 0 radical (unpaired) electrons. The highest BCUT2D eigenvalue weighted by molar-refractivity contribution is 9.10. The number of aromatic nitrogens is 1. The molecule has 0 fully saturated rings. The van der Waals surface area contributed by atoms with Crippen LogP contribution in [0.15, 0.2) is 68.2 Å². The minimum Gasteiger partial charge on any atom is -0.493 e. The number of fused-ring (bicyclic) bond motifs is 1. The van der Waals surface area contributed by atoms with E-state index in [9.17, 15) is 14.7 Å². The number of ketones is 1. The fourth-order valence-electron chi connectivity index (χ4n) is 2.77. The number of benzene rings is 2. The van der Waals surface area contributed by atoms with Gasteiger partial charge in [-0.05, 0) is 18.2 Å². The zero-order chi connectivity index (χ0) is 19.7. The number of hydrogen-bond donors (Lipinski definition) is 2. The first-order valence-electron chi connectivity index (χ1n) is 8.30. The van der Waals surface area contributed by atoms with Gasteiger partial charge in [-0.2, -0.15) is 4.99 Å². The van der Waals surface area contributed by atoms with Crippen LogP contribution in [0.1, 0.15) is 16.8 Å². The molecule has 9 heteroatoms. The predicted molar refractivity (Wildman–Crippen MR) is 111 cm³/mol. The molecule has 3 aromatic rings. The average molecular weight is 457 g/mol. The second-order valence-electron chi connectivity index (χ2n) is 6.04. The fraction of sp³-hybridized carbons (Fsp3) is 0.105. The summed E-state index contributed by atoms with van der Waals surface area (Å²) < 4.78 is 0.877. The van der Waals surface area contributed by atoms with E-state index in [1.807, 2.05) is 18.2 Å². The summed E-state index contributed by atoms with van der Waals surface area (Å²) in [6.07, 6.45) is 0.0337. The lowest BCUT2D eigenvalue weighted by molar-refractivity contribution is -0.117. The molecule has 1 aliphatic rings. The number of aromatic hydroxyl groups is 1. The third-order valence-electron chi connectivity index (χ3n) is 4.16. The number of H-pyrrole nitrogens is 1. The van der Waals surface area contributed by atoms with Crippen LogP contribution in [0.5, 0.6) is 5.88 Å². The first-order chi connectivity index (χ1) is 13.5. The number of thioether (sulfide) groups is 1. The zero-order valence-electron chi connectivity index (χ0n) is 14.3. The van der Waals surface area contributed by atoms with Crippen molar-refractivity contribution in [2.45, 2.75) is 11.7 Å². The van der Waals surface area contributed by atoms with Gasteiger partial charge in [0.05, 0.1) is 5.52 Å². The van der Waals surface area contributed by atoms with Crippen molar-refractivity contribution in [2.75, 3.05) is 0 Å². The summed E-state index contributed by atoms with van der Waals surface area (Å²) in [6.45, 7) is 0. The van der Waals surface area contributed by atoms with Gasteiger partial charge in [-0.3, -0.25) is 9.59 Å². The molecule has 0 aliphatic carbocycles. The van der Waals surface area contributed by atoms with Crippen molar-refractivity contribution < 1.29 is 14.7 Å². The molecular weight excluding hydrogens is 444 g/mol. The molecule has 2 heterocycles. The maximum Gasteiger partial charge on any atom is 0.262 e. The number of nitrogens with one attached hydrogen (secondary N) is 1. The molecule has 7 nitrogen and oxygen atoms in total.